The third-order valence-electron chi connectivity index (χ3n) is 6.52. The quantitative estimate of drug-likeness (QED) is 0.473. The van der Waals surface area contributed by atoms with Gasteiger partial charge in [0.15, 0.2) is 17.3 Å². The van der Waals surface area contributed by atoms with E-state index in [9.17, 15) is 10.1 Å². The first-order valence-corrected chi connectivity index (χ1v) is 13.3. The highest BCUT2D eigenvalue weighted by Crippen LogP contribution is 2.37. The number of aliphatic imine (C=N–C) groups is 1. The van der Waals surface area contributed by atoms with Gasteiger partial charge in [-0.1, -0.05) is 43.5 Å². The van der Waals surface area contributed by atoms with Crippen LogP contribution in [-0.2, 0) is 11.4 Å². The second-order valence-corrected chi connectivity index (χ2v) is 9.98. The molecule has 2 aromatic rings. The topological polar surface area (TPSA) is 111 Å². The van der Waals surface area contributed by atoms with E-state index >= 15 is 0 Å². The Morgan fingerprint density at radius 1 is 1.16 bits per heavy atom. The van der Waals surface area contributed by atoms with Crippen LogP contribution in [0.5, 0.6) is 11.5 Å². The highest BCUT2D eigenvalue weighted by atomic mass is 32.2. The fourth-order valence-electron chi connectivity index (χ4n) is 4.60. The summed E-state index contributed by atoms with van der Waals surface area (Å²) in [6, 6.07) is 14.8. The fourth-order valence-corrected chi connectivity index (χ4v) is 5.66. The molecule has 1 fully saturated rings. The van der Waals surface area contributed by atoms with E-state index in [0.29, 0.717) is 40.3 Å². The van der Waals surface area contributed by atoms with Crippen molar-refractivity contribution in [1.29, 1.82) is 10.7 Å². The molecule has 37 heavy (non-hydrogen) atoms. The van der Waals surface area contributed by atoms with Crippen molar-refractivity contribution < 1.29 is 14.3 Å². The van der Waals surface area contributed by atoms with Crippen molar-refractivity contribution in [2.75, 3.05) is 6.61 Å². The number of hydrazone groups is 1. The number of fused-ring (bicyclic) bond motifs is 1. The highest BCUT2D eigenvalue weighted by Gasteiger charge is 2.38. The van der Waals surface area contributed by atoms with Crippen molar-refractivity contribution in [2.45, 2.75) is 45.6 Å². The van der Waals surface area contributed by atoms with E-state index in [1.54, 1.807) is 30.3 Å². The van der Waals surface area contributed by atoms with Crippen LogP contribution >= 0.6 is 11.8 Å². The Kier molecular flexibility index (Phi) is 7.37. The SMILES string of the molecule is CCOc1cc(C=C2C(=N)N3N=C(C4CCCCC4)SC3=NC2=O)ccc1OCc1ccccc1C#N. The molecule has 0 unspecified atom stereocenters. The second-order valence-electron chi connectivity index (χ2n) is 8.99. The Hall–Kier alpha value is -3.90. The number of carbonyl (C=O) groups excluding carboxylic acids is 1. The van der Waals surface area contributed by atoms with Gasteiger partial charge >= 0.3 is 0 Å². The molecule has 5 rings (SSSR count). The lowest BCUT2D eigenvalue weighted by Crippen LogP contribution is -2.35. The number of nitriles is 1. The van der Waals surface area contributed by atoms with Gasteiger partial charge in [-0.3, -0.25) is 10.2 Å². The molecule has 0 bridgehead atoms. The Labute approximate surface area is 220 Å². The summed E-state index contributed by atoms with van der Waals surface area (Å²) in [6.45, 7) is 2.53. The van der Waals surface area contributed by atoms with Gasteiger partial charge in [0.2, 0.25) is 5.17 Å². The number of amidine groups is 2. The van der Waals surface area contributed by atoms with E-state index in [-0.39, 0.29) is 18.0 Å². The zero-order valence-corrected chi connectivity index (χ0v) is 21.4. The number of rotatable bonds is 7. The molecule has 188 valence electrons. The molecule has 2 aliphatic heterocycles. The molecule has 0 spiro atoms. The second kappa shape index (κ2) is 11.0. The van der Waals surface area contributed by atoms with Crippen molar-refractivity contribution in [3.63, 3.8) is 0 Å². The molecule has 0 aromatic heterocycles. The van der Waals surface area contributed by atoms with Crippen LogP contribution in [0.15, 0.2) is 58.1 Å². The molecule has 9 heteroatoms. The average molecular weight is 514 g/mol. The standard InChI is InChI=1S/C28H27N5O3S/c1-2-35-24-15-18(12-13-23(24)36-17-21-11-7-6-10-20(21)16-29)14-22-25(30)33-28(31-26(22)34)37-27(32-33)19-8-4-3-5-9-19/h6-7,10-15,19,30H,2-5,8-9,17H2,1H3. The molecular formula is C28H27N5O3S. The minimum atomic E-state index is -0.449. The van der Waals surface area contributed by atoms with Crippen molar-refractivity contribution in [3.05, 3.63) is 64.7 Å². The van der Waals surface area contributed by atoms with Gasteiger partial charge in [-0.25, -0.2) is 0 Å². The molecule has 1 amide bonds. The lowest BCUT2D eigenvalue weighted by molar-refractivity contribution is -0.114. The maximum atomic E-state index is 12.9. The molecular weight excluding hydrogens is 486 g/mol. The average Bonchev–Trinajstić information content (AvgIpc) is 3.35. The van der Waals surface area contributed by atoms with Crippen LogP contribution in [0.1, 0.15) is 55.7 Å². The van der Waals surface area contributed by atoms with Crippen LogP contribution < -0.4 is 9.47 Å². The molecule has 1 N–H and O–H groups in total. The summed E-state index contributed by atoms with van der Waals surface area (Å²) < 4.78 is 11.8. The van der Waals surface area contributed by atoms with Crippen molar-refractivity contribution in [3.8, 4) is 17.6 Å². The smallest absolute Gasteiger partial charge is 0.283 e. The maximum absolute atomic E-state index is 12.9. The third kappa shape index (κ3) is 5.30. The van der Waals surface area contributed by atoms with Gasteiger partial charge in [-0.2, -0.15) is 20.4 Å². The summed E-state index contributed by atoms with van der Waals surface area (Å²) in [7, 11) is 0. The van der Waals surface area contributed by atoms with E-state index in [1.807, 2.05) is 25.1 Å². The molecule has 2 heterocycles. The van der Waals surface area contributed by atoms with Crippen LogP contribution in [0, 0.1) is 22.7 Å². The fraction of sp³-hybridized carbons (Fsp3) is 0.321. The number of carbonyl (C=O) groups is 1. The number of benzene rings is 2. The van der Waals surface area contributed by atoms with Gasteiger partial charge in [-0.05, 0) is 61.4 Å². The van der Waals surface area contributed by atoms with Crippen LogP contribution in [-0.4, -0.2) is 33.6 Å². The van der Waals surface area contributed by atoms with Gasteiger partial charge in [0.1, 0.15) is 11.7 Å². The first-order valence-electron chi connectivity index (χ1n) is 12.4. The van der Waals surface area contributed by atoms with E-state index < -0.39 is 5.91 Å². The Bertz CT molecular complexity index is 1370. The number of amides is 1. The summed E-state index contributed by atoms with van der Waals surface area (Å²) in [5.41, 5.74) is 2.20. The monoisotopic (exact) mass is 513 g/mol. The number of nitrogens with one attached hydrogen (secondary N) is 1. The molecule has 1 aliphatic carbocycles. The number of thioether (sulfide) groups is 1. The largest absolute Gasteiger partial charge is 0.490 e. The van der Waals surface area contributed by atoms with E-state index in [4.69, 9.17) is 14.9 Å². The summed E-state index contributed by atoms with van der Waals surface area (Å²) in [5.74, 6) is 0.998. The van der Waals surface area contributed by atoms with Crippen LogP contribution in [0.25, 0.3) is 6.08 Å². The van der Waals surface area contributed by atoms with Crippen LogP contribution in [0.3, 0.4) is 0 Å². The van der Waals surface area contributed by atoms with Crippen molar-refractivity contribution in [2.24, 2.45) is 16.0 Å². The summed E-state index contributed by atoms with van der Waals surface area (Å²) >= 11 is 1.41. The molecule has 1 saturated carbocycles. The Morgan fingerprint density at radius 3 is 2.76 bits per heavy atom. The number of ether oxygens (including phenoxy) is 2. The van der Waals surface area contributed by atoms with Gasteiger partial charge in [-0.15, -0.1) is 0 Å². The summed E-state index contributed by atoms with van der Waals surface area (Å²) in [5, 5.41) is 25.6. The zero-order chi connectivity index (χ0) is 25.8. The van der Waals surface area contributed by atoms with Gasteiger partial charge < -0.3 is 9.47 Å². The molecule has 2 aromatic carbocycles. The maximum Gasteiger partial charge on any atom is 0.283 e. The lowest BCUT2D eigenvalue weighted by atomic mass is 9.90. The predicted molar refractivity (Wildman–Crippen MR) is 145 cm³/mol. The molecule has 0 radical (unpaired) electrons. The Morgan fingerprint density at radius 2 is 1.97 bits per heavy atom. The molecule has 3 aliphatic rings. The van der Waals surface area contributed by atoms with Gasteiger partial charge in [0, 0.05) is 11.5 Å². The number of nitrogens with zero attached hydrogens (tertiary/aromatic N) is 4. The molecule has 8 nitrogen and oxygen atoms in total. The lowest BCUT2D eigenvalue weighted by Gasteiger charge is -2.20. The first-order chi connectivity index (χ1) is 18.1. The minimum absolute atomic E-state index is 0.0275. The highest BCUT2D eigenvalue weighted by molar-refractivity contribution is 8.27. The molecule has 0 atom stereocenters. The zero-order valence-electron chi connectivity index (χ0n) is 20.6. The van der Waals surface area contributed by atoms with Gasteiger partial charge in [0.25, 0.3) is 5.91 Å². The number of hydrogen-bond donors (Lipinski definition) is 1. The van der Waals surface area contributed by atoms with Crippen LogP contribution in [0.2, 0.25) is 0 Å². The molecule has 0 saturated heterocycles. The van der Waals surface area contributed by atoms with Crippen LogP contribution in [0.4, 0.5) is 0 Å². The van der Waals surface area contributed by atoms with Gasteiger partial charge in [0.05, 0.1) is 23.8 Å². The summed E-state index contributed by atoms with van der Waals surface area (Å²) in [4.78, 5) is 17.1. The van der Waals surface area contributed by atoms with E-state index in [1.165, 1.54) is 36.0 Å². The minimum Gasteiger partial charge on any atom is -0.490 e. The van der Waals surface area contributed by atoms with E-state index in [2.05, 4.69) is 16.2 Å². The van der Waals surface area contributed by atoms with Crippen molar-refractivity contribution >= 4 is 39.8 Å². The third-order valence-corrected chi connectivity index (χ3v) is 7.60. The Balaban J connectivity index is 1.37. The first kappa shape index (κ1) is 24.8. The van der Waals surface area contributed by atoms with Crippen molar-refractivity contribution in [1.82, 2.24) is 5.01 Å². The predicted octanol–water partition coefficient (Wildman–Crippen LogP) is 5.74. The normalized spacial score (nSPS) is 18.8. The number of hydrogen-bond acceptors (Lipinski definition) is 7. The summed E-state index contributed by atoms with van der Waals surface area (Å²) in [6.07, 6.45) is 7.44. The van der Waals surface area contributed by atoms with E-state index in [0.717, 1.165) is 23.4 Å².